The summed E-state index contributed by atoms with van der Waals surface area (Å²) in [6.45, 7) is -1.01. The highest BCUT2D eigenvalue weighted by molar-refractivity contribution is 7.48. The Kier molecular flexibility index (Phi) is 10.5. The number of aliphatic hydroxyl groups excluding tert-OH is 3. The van der Waals surface area contributed by atoms with E-state index in [1.807, 2.05) is 0 Å². The molecule has 6 N–H and O–H groups in total. The van der Waals surface area contributed by atoms with E-state index < -0.39 is 26.7 Å². The highest BCUT2D eigenvalue weighted by atomic mass is 31.2. The van der Waals surface area contributed by atoms with Crippen LogP contribution in [0.25, 0.3) is 0 Å². The van der Waals surface area contributed by atoms with Gasteiger partial charge in [0.1, 0.15) is 0 Å². The van der Waals surface area contributed by atoms with Crippen molar-refractivity contribution in [3.05, 3.63) is 0 Å². The van der Waals surface area contributed by atoms with Gasteiger partial charge in [-0.15, -0.1) is 0 Å². The first-order valence-electron chi connectivity index (χ1n) is 5.87. The van der Waals surface area contributed by atoms with E-state index in [2.05, 4.69) is 0 Å². The second-order valence-electron chi connectivity index (χ2n) is 3.75. The fourth-order valence-corrected chi connectivity index (χ4v) is 2.13. The fraction of sp³-hybridized carbons (Fsp3) is 1.00. The second kappa shape index (κ2) is 10.6. The van der Waals surface area contributed by atoms with Crippen molar-refractivity contribution in [2.24, 2.45) is 0 Å². The van der Waals surface area contributed by atoms with E-state index in [9.17, 15) is 4.57 Å². The zero-order chi connectivity index (χ0) is 15.6. The molecule has 0 aliphatic heterocycles. The number of hydrogen-bond acceptors (Lipinski definition) is 10. The van der Waals surface area contributed by atoms with E-state index in [0.29, 0.717) is 0 Å². The zero-order valence-electron chi connectivity index (χ0n) is 10.7. The molecule has 0 fully saturated rings. The normalized spacial score (nSPS) is 12.8. The van der Waals surface area contributed by atoms with Crippen molar-refractivity contribution in [3.63, 3.8) is 0 Å². The Morgan fingerprint density at radius 1 is 0.650 bits per heavy atom. The van der Waals surface area contributed by atoms with Crippen LogP contribution >= 0.6 is 7.82 Å². The van der Waals surface area contributed by atoms with Crippen molar-refractivity contribution in [2.75, 3.05) is 19.8 Å². The number of aliphatic hydroxyl groups is 6. The third-order valence-electron chi connectivity index (χ3n) is 1.88. The summed E-state index contributed by atoms with van der Waals surface area (Å²) in [5.41, 5.74) is 0. The summed E-state index contributed by atoms with van der Waals surface area (Å²) in [7, 11) is -4.05. The molecule has 11 heteroatoms. The summed E-state index contributed by atoms with van der Waals surface area (Å²) in [4.78, 5) is 0. The molecule has 0 saturated heterocycles. The quantitative estimate of drug-likeness (QED) is 0.179. The van der Waals surface area contributed by atoms with Crippen LogP contribution in [0.3, 0.4) is 0 Å². The largest absolute Gasteiger partial charge is 0.474 e. The van der Waals surface area contributed by atoms with Gasteiger partial charge >= 0.3 is 7.82 Å². The molecule has 0 atom stereocenters. The average Bonchev–Trinajstić information content (AvgIpc) is 2.27. The van der Waals surface area contributed by atoms with Crippen LogP contribution in [0.1, 0.15) is 19.3 Å². The van der Waals surface area contributed by atoms with Gasteiger partial charge in [-0.3, -0.25) is 13.6 Å². The summed E-state index contributed by atoms with van der Waals surface area (Å²) in [6, 6.07) is 0. The molecule has 0 bridgehead atoms. The zero-order valence-corrected chi connectivity index (χ0v) is 11.6. The SMILES string of the molecule is O=P(OCCC(O)O)(OCCC(O)O)OCCC(O)O. The Morgan fingerprint density at radius 3 is 1.10 bits per heavy atom. The Labute approximate surface area is 115 Å². The molecule has 0 amide bonds. The van der Waals surface area contributed by atoms with Gasteiger partial charge in [0.05, 0.1) is 19.8 Å². The monoisotopic (exact) mass is 320 g/mol. The maximum atomic E-state index is 12.0. The minimum atomic E-state index is -4.05. The molecule has 0 heterocycles. The average molecular weight is 320 g/mol. The Morgan fingerprint density at radius 2 is 0.900 bits per heavy atom. The van der Waals surface area contributed by atoms with Gasteiger partial charge in [0.15, 0.2) is 18.9 Å². The van der Waals surface area contributed by atoms with E-state index in [0.717, 1.165) is 0 Å². The van der Waals surface area contributed by atoms with E-state index in [1.165, 1.54) is 0 Å². The van der Waals surface area contributed by atoms with Gasteiger partial charge in [-0.2, -0.15) is 0 Å². The third-order valence-corrected chi connectivity index (χ3v) is 3.37. The molecule has 0 spiro atoms. The van der Waals surface area contributed by atoms with Gasteiger partial charge < -0.3 is 30.6 Å². The van der Waals surface area contributed by atoms with Crippen LogP contribution in [-0.4, -0.2) is 69.3 Å². The Hall–Kier alpha value is -0.130. The van der Waals surface area contributed by atoms with Gasteiger partial charge in [-0.25, -0.2) is 4.57 Å². The van der Waals surface area contributed by atoms with Gasteiger partial charge in [-0.05, 0) is 0 Å². The van der Waals surface area contributed by atoms with Crippen LogP contribution in [0.15, 0.2) is 0 Å². The lowest BCUT2D eigenvalue weighted by Gasteiger charge is -2.18. The smallest absolute Gasteiger partial charge is 0.368 e. The van der Waals surface area contributed by atoms with Crippen LogP contribution < -0.4 is 0 Å². The molecular formula is C9H21O10P. The maximum absolute atomic E-state index is 12.0. The first-order valence-corrected chi connectivity index (χ1v) is 7.33. The summed E-state index contributed by atoms with van der Waals surface area (Å²) in [6.07, 6.45) is -5.66. The van der Waals surface area contributed by atoms with Crippen LogP contribution in [0.5, 0.6) is 0 Å². The molecule has 122 valence electrons. The summed E-state index contributed by atoms with van der Waals surface area (Å²) in [5.74, 6) is 0. The van der Waals surface area contributed by atoms with Crippen LogP contribution in [0, 0.1) is 0 Å². The van der Waals surface area contributed by atoms with Crippen molar-refractivity contribution in [3.8, 4) is 0 Å². The maximum Gasteiger partial charge on any atom is 0.474 e. The summed E-state index contributed by atoms with van der Waals surface area (Å²) in [5, 5.41) is 51.7. The minimum Gasteiger partial charge on any atom is -0.368 e. The number of rotatable bonds is 12. The molecule has 10 nitrogen and oxygen atoms in total. The van der Waals surface area contributed by atoms with Crippen molar-refractivity contribution >= 4 is 7.82 Å². The van der Waals surface area contributed by atoms with Gasteiger partial charge in [0.25, 0.3) is 0 Å². The van der Waals surface area contributed by atoms with Gasteiger partial charge in [-0.1, -0.05) is 0 Å². The lowest BCUT2D eigenvalue weighted by molar-refractivity contribution is -0.0626. The summed E-state index contributed by atoms with van der Waals surface area (Å²) < 4.78 is 26.3. The molecule has 0 aliphatic carbocycles. The molecule has 20 heavy (non-hydrogen) atoms. The van der Waals surface area contributed by atoms with Crippen LogP contribution in [0.2, 0.25) is 0 Å². The number of phosphoric acid groups is 1. The predicted molar refractivity (Wildman–Crippen MR) is 64.0 cm³/mol. The number of hydrogen-bond donors (Lipinski definition) is 6. The van der Waals surface area contributed by atoms with Crippen molar-refractivity contribution in [1.29, 1.82) is 0 Å². The lowest BCUT2D eigenvalue weighted by Crippen LogP contribution is -2.13. The Balaban J connectivity index is 4.23. The standard InChI is InChI=1S/C9H21O10P/c10-7(11)1-4-17-20(16,18-5-2-8(12)13)19-6-3-9(14)15/h7-15H,1-6H2. The third kappa shape index (κ3) is 11.7. The first-order chi connectivity index (χ1) is 9.25. The topological polar surface area (TPSA) is 166 Å². The second-order valence-corrected chi connectivity index (χ2v) is 5.42. The van der Waals surface area contributed by atoms with E-state index in [1.54, 1.807) is 0 Å². The summed E-state index contributed by atoms with van der Waals surface area (Å²) >= 11 is 0. The van der Waals surface area contributed by atoms with Crippen molar-refractivity contribution in [2.45, 2.75) is 38.1 Å². The molecule has 0 aliphatic rings. The minimum absolute atomic E-state index is 0.234. The van der Waals surface area contributed by atoms with E-state index >= 15 is 0 Å². The first kappa shape index (κ1) is 19.9. The molecule has 0 aromatic carbocycles. The fourth-order valence-electron chi connectivity index (χ4n) is 0.922. The molecule has 0 saturated carbocycles. The van der Waals surface area contributed by atoms with Crippen molar-refractivity contribution in [1.82, 2.24) is 0 Å². The molecule has 0 aromatic rings. The lowest BCUT2D eigenvalue weighted by atomic mass is 10.5. The van der Waals surface area contributed by atoms with E-state index in [-0.39, 0.29) is 39.1 Å². The van der Waals surface area contributed by atoms with Crippen molar-refractivity contribution < 1.29 is 48.8 Å². The van der Waals surface area contributed by atoms with E-state index in [4.69, 9.17) is 44.2 Å². The van der Waals surface area contributed by atoms with Crippen LogP contribution in [-0.2, 0) is 18.1 Å². The van der Waals surface area contributed by atoms with Gasteiger partial charge in [0.2, 0.25) is 0 Å². The van der Waals surface area contributed by atoms with Crippen LogP contribution in [0.4, 0.5) is 0 Å². The van der Waals surface area contributed by atoms with Gasteiger partial charge in [0, 0.05) is 19.3 Å². The molecule has 0 unspecified atom stereocenters. The molecular weight excluding hydrogens is 299 g/mol. The molecule has 0 aromatic heterocycles. The predicted octanol–water partition coefficient (Wildman–Crippen LogP) is -1.75. The highest BCUT2D eigenvalue weighted by Crippen LogP contribution is 2.49. The Bertz CT molecular complexity index is 239. The number of phosphoric ester groups is 1. The molecule has 0 radical (unpaired) electrons. The molecule has 0 rings (SSSR count). The highest BCUT2D eigenvalue weighted by Gasteiger charge is 2.27.